The summed E-state index contributed by atoms with van der Waals surface area (Å²) in [6.45, 7) is 5.20. The molecule has 3 heterocycles. The van der Waals surface area contributed by atoms with Crippen LogP contribution in [0.5, 0.6) is 5.75 Å². The smallest absolute Gasteiger partial charge is 0.431 e. The van der Waals surface area contributed by atoms with Crippen molar-refractivity contribution in [2.75, 3.05) is 7.11 Å². The maximum atomic E-state index is 12.4. The summed E-state index contributed by atoms with van der Waals surface area (Å²) in [5, 5.41) is 11.4. The van der Waals surface area contributed by atoms with Crippen LogP contribution in [0.25, 0.3) is 11.3 Å². The van der Waals surface area contributed by atoms with Crippen LogP contribution < -0.4 is 15.5 Å². The fourth-order valence-electron chi connectivity index (χ4n) is 4.85. The maximum Gasteiger partial charge on any atom is 0.431 e. The van der Waals surface area contributed by atoms with E-state index < -0.39 is 42.5 Å². The van der Waals surface area contributed by atoms with Crippen LogP contribution >= 0.6 is 0 Å². The first-order valence-electron chi connectivity index (χ1n) is 13.2. The third-order valence-corrected chi connectivity index (χ3v) is 6.60. The molecule has 5 rings (SSSR count). The molecule has 0 aliphatic carbocycles. The van der Waals surface area contributed by atoms with E-state index in [0.717, 1.165) is 11.1 Å². The molecular formula is C28H33N5O8. The van der Waals surface area contributed by atoms with E-state index in [1.54, 1.807) is 31.8 Å². The van der Waals surface area contributed by atoms with Gasteiger partial charge in [0.1, 0.15) is 42.4 Å². The highest BCUT2D eigenvalue weighted by Crippen LogP contribution is 2.38. The van der Waals surface area contributed by atoms with Crippen LogP contribution in [-0.2, 0) is 41.7 Å². The summed E-state index contributed by atoms with van der Waals surface area (Å²) in [6, 6.07) is 15.9. The monoisotopic (exact) mass is 567 g/mol. The largest absolute Gasteiger partial charge is 0.497 e. The fraction of sp³-hybridized carbons (Fsp3) is 0.429. The number of hydrogen-bond acceptors (Lipinski definition) is 10. The summed E-state index contributed by atoms with van der Waals surface area (Å²) in [7, 11) is 1.60. The van der Waals surface area contributed by atoms with Gasteiger partial charge in [0.25, 0.3) is 0 Å². The van der Waals surface area contributed by atoms with E-state index in [1.807, 2.05) is 54.6 Å². The average molecular weight is 568 g/mol. The minimum Gasteiger partial charge on any atom is -0.497 e. The number of nitrogens with zero attached hydrogens (tertiary/aromatic N) is 3. The van der Waals surface area contributed by atoms with Gasteiger partial charge >= 0.3 is 6.09 Å². The molecule has 0 spiro atoms. The van der Waals surface area contributed by atoms with Gasteiger partial charge in [0, 0.05) is 12.5 Å². The zero-order valence-corrected chi connectivity index (χ0v) is 23.2. The SMILES string of the molecule is COc1cccc(-c2cn(CC3OC(ONC(=O)OCc4ccccc4)C(NC(C)=O)C4OC(C)(C)OC34)nn2)c1. The average Bonchev–Trinajstić information content (AvgIpc) is 3.56. The standard InChI is InChI=1S/C28H33N5O8/c1-17(34)29-23-25-24(39-28(2,3)40-25)22(15-33-14-21(30-32-33)19-11-8-12-20(13-19)36-4)38-26(23)41-31-27(35)37-16-18-9-6-5-7-10-18/h5-14,22-26H,15-16H2,1-4H3,(H,29,34)(H,31,35). The van der Waals surface area contributed by atoms with Gasteiger partial charge in [-0.15, -0.1) is 5.10 Å². The van der Waals surface area contributed by atoms with Crippen molar-refractivity contribution in [2.24, 2.45) is 0 Å². The van der Waals surface area contributed by atoms with Gasteiger partial charge in [-0.2, -0.15) is 5.48 Å². The summed E-state index contributed by atoms with van der Waals surface area (Å²) in [6.07, 6.45) is -2.05. The Bertz CT molecular complexity index is 1350. The molecule has 2 amide bonds. The van der Waals surface area contributed by atoms with Crippen LogP contribution in [0, 0.1) is 0 Å². The molecule has 41 heavy (non-hydrogen) atoms. The lowest BCUT2D eigenvalue weighted by Gasteiger charge is -2.41. The second-order valence-corrected chi connectivity index (χ2v) is 10.2. The van der Waals surface area contributed by atoms with Crippen molar-refractivity contribution in [1.29, 1.82) is 0 Å². The molecule has 2 aliphatic rings. The lowest BCUT2D eigenvalue weighted by Crippen LogP contribution is -2.64. The summed E-state index contributed by atoms with van der Waals surface area (Å²) in [5.41, 5.74) is 4.57. The highest BCUT2D eigenvalue weighted by Gasteiger charge is 2.56. The second-order valence-electron chi connectivity index (χ2n) is 10.2. The summed E-state index contributed by atoms with van der Waals surface area (Å²) >= 11 is 0. The van der Waals surface area contributed by atoms with Gasteiger partial charge in [0.2, 0.25) is 12.2 Å². The third kappa shape index (κ3) is 7.00. The molecule has 0 bridgehead atoms. The van der Waals surface area contributed by atoms with E-state index >= 15 is 0 Å². The van der Waals surface area contributed by atoms with Crippen LogP contribution in [0.2, 0.25) is 0 Å². The molecule has 2 N–H and O–H groups in total. The van der Waals surface area contributed by atoms with Gasteiger partial charge in [-0.3, -0.25) is 4.79 Å². The van der Waals surface area contributed by atoms with Crippen molar-refractivity contribution in [3.8, 4) is 17.0 Å². The van der Waals surface area contributed by atoms with E-state index in [0.29, 0.717) is 11.4 Å². The van der Waals surface area contributed by atoms with Crippen molar-refractivity contribution in [2.45, 2.75) is 70.4 Å². The lowest BCUT2D eigenvalue weighted by atomic mass is 9.96. The van der Waals surface area contributed by atoms with E-state index in [1.165, 1.54) is 6.92 Å². The zero-order valence-electron chi connectivity index (χ0n) is 23.2. The number of aromatic nitrogens is 3. The van der Waals surface area contributed by atoms with E-state index in [4.69, 9.17) is 28.5 Å². The van der Waals surface area contributed by atoms with Gasteiger partial charge in [0.15, 0.2) is 5.79 Å². The predicted octanol–water partition coefficient (Wildman–Crippen LogP) is 2.56. The zero-order chi connectivity index (χ0) is 29.0. The van der Waals surface area contributed by atoms with Crippen molar-refractivity contribution in [3.05, 3.63) is 66.4 Å². The Morgan fingerprint density at radius 2 is 1.85 bits per heavy atom. The molecule has 5 atom stereocenters. The first kappa shape index (κ1) is 28.5. The number of methoxy groups -OCH3 is 1. The van der Waals surface area contributed by atoms with Gasteiger partial charge in [-0.25, -0.2) is 14.3 Å². The molecule has 2 aliphatic heterocycles. The molecule has 1 aromatic heterocycles. The lowest BCUT2D eigenvalue weighted by molar-refractivity contribution is -0.263. The van der Waals surface area contributed by atoms with Crippen molar-refractivity contribution >= 4 is 12.0 Å². The van der Waals surface area contributed by atoms with E-state index in [2.05, 4.69) is 21.1 Å². The predicted molar refractivity (Wildman–Crippen MR) is 143 cm³/mol. The van der Waals surface area contributed by atoms with E-state index in [9.17, 15) is 9.59 Å². The van der Waals surface area contributed by atoms with Crippen molar-refractivity contribution in [1.82, 2.24) is 25.8 Å². The number of hydrogen-bond donors (Lipinski definition) is 2. The Kier molecular flexibility index (Phi) is 8.49. The molecule has 13 heteroatoms. The highest BCUT2D eigenvalue weighted by atomic mass is 16.8. The Balaban J connectivity index is 1.31. The van der Waals surface area contributed by atoms with Crippen molar-refractivity contribution in [3.63, 3.8) is 0 Å². The van der Waals surface area contributed by atoms with Crippen LogP contribution in [0.4, 0.5) is 4.79 Å². The first-order valence-corrected chi connectivity index (χ1v) is 13.2. The number of hydroxylamine groups is 1. The second kappa shape index (κ2) is 12.2. The Hall–Kier alpha value is -4.04. The molecule has 2 fully saturated rings. The Morgan fingerprint density at radius 1 is 1.07 bits per heavy atom. The van der Waals surface area contributed by atoms with Crippen LogP contribution in [0.1, 0.15) is 26.3 Å². The molecule has 2 aromatic carbocycles. The number of nitrogens with one attached hydrogen (secondary N) is 2. The maximum absolute atomic E-state index is 12.4. The quantitative estimate of drug-likeness (QED) is 0.370. The molecule has 13 nitrogen and oxygen atoms in total. The number of rotatable bonds is 9. The topological polar surface area (TPSA) is 144 Å². The van der Waals surface area contributed by atoms with Crippen LogP contribution in [-0.4, -0.2) is 70.5 Å². The first-order chi connectivity index (χ1) is 19.7. The van der Waals surface area contributed by atoms with E-state index in [-0.39, 0.29) is 19.1 Å². The van der Waals surface area contributed by atoms with Crippen LogP contribution in [0.3, 0.4) is 0 Å². The summed E-state index contributed by atoms with van der Waals surface area (Å²) in [4.78, 5) is 30.1. The highest BCUT2D eigenvalue weighted by molar-refractivity contribution is 5.73. The molecule has 218 valence electrons. The third-order valence-electron chi connectivity index (χ3n) is 6.60. The summed E-state index contributed by atoms with van der Waals surface area (Å²) < 4.78 is 30.8. The molecule has 5 unspecified atom stereocenters. The Labute approximate surface area is 236 Å². The molecule has 0 radical (unpaired) electrons. The Morgan fingerprint density at radius 3 is 2.61 bits per heavy atom. The number of ether oxygens (including phenoxy) is 5. The molecular weight excluding hydrogens is 534 g/mol. The minimum atomic E-state index is -1.13. The number of benzene rings is 2. The number of carbonyl (C=O) groups is 2. The van der Waals surface area contributed by atoms with Crippen molar-refractivity contribution < 1.29 is 38.1 Å². The number of fused-ring (bicyclic) bond motifs is 1. The molecule has 2 saturated heterocycles. The van der Waals surface area contributed by atoms with Gasteiger partial charge in [-0.05, 0) is 31.5 Å². The van der Waals surface area contributed by atoms with Crippen LogP contribution in [0.15, 0.2) is 60.8 Å². The number of amides is 2. The summed E-state index contributed by atoms with van der Waals surface area (Å²) in [5.74, 6) is -0.588. The molecule has 3 aromatic rings. The minimum absolute atomic E-state index is 0.0526. The van der Waals surface area contributed by atoms with Gasteiger partial charge in [0.05, 0.1) is 19.9 Å². The normalized spacial score (nSPS) is 24.7. The van der Waals surface area contributed by atoms with Gasteiger partial charge < -0.3 is 29.0 Å². The fourth-order valence-corrected chi connectivity index (χ4v) is 4.85. The van der Waals surface area contributed by atoms with Gasteiger partial charge in [-0.1, -0.05) is 47.7 Å². The number of carbonyl (C=O) groups excluding carboxylic acids is 2. The molecule has 0 saturated carbocycles.